The molecule has 1 fully saturated rings. The summed E-state index contributed by atoms with van der Waals surface area (Å²) >= 11 is 0. The molecule has 1 aliphatic rings. The Morgan fingerprint density at radius 3 is 2.54 bits per heavy atom. The van der Waals surface area contributed by atoms with Gasteiger partial charge in [-0.2, -0.15) is 0 Å². The van der Waals surface area contributed by atoms with Crippen LogP contribution in [0.15, 0.2) is 0 Å². The van der Waals surface area contributed by atoms with Gasteiger partial charge in [-0.1, -0.05) is 20.8 Å². The van der Waals surface area contributed by atoms with Crippen LogP contribution in [0.25, 0.3) is 0 Å². The number of hydrogen-bond donors (Lipinski definition) is 0. The standard InChI is InChI=1S/C11H21NO/c1-11(2,3)8-9-5-6-12(4)10(13)7-9/h9H,5-8H2,1-4H3. The molecule has 1 aliphatic heterocycles. The number of amides is 1. The number of nitrogens with zero attached hydrogens (tertiary/aromatic N) is 1. The minimum atomic E-state index is 0.320. The van der Waals surface area contributed by atoms with Crippen molar-refractivity contribution < 1.29 is 4.79 Å². The number of carbonyl (C=O) groups excluding carboxylic acids is 1. The summed E-state index contributed by atoms with van der Waals surface area (Å²) in [6.07, 6.45) is 3.11. The molecule has 76 valence electrons. The Morgan fingerprint density at radius 1 is 1.46 bits per heavy atom. The van der Waals surface area contributed by atoms with E-state index in [9.17, 15) is 4.79 Å². The van der Waals surface area contributed by atoms with Gasteiger partial charge in [-0.25, -0.2) is 0 Å². The van der Waals surface area contributed by atoms with Crippen molar-refractivity contribution >= 4 is 5.91 Å². The van der Waals surface area contributed by atoms with E-state index >= 15 is 0 Å². The van der Waals surface area contributed by atoms with Gasteiger partial charge in [0.05, 0.1) is 0 Å². The molecule has 0 spiro atoms. The molecular weight excluding hydrogens is 162 g/mol. The molecule has 2 nitrogen and oxygen atoms in total. The van der Waals surface area contributed by atoms with Crippen molar-refractivity contribution in [2.75, 3.05) is 13.6 Å². The lowest BCUT2D eigenvalue weighted by atomic mass is 9.80. The maximum atomic E-state index is 11.4. The van der Waals surface area contributed by atoms with E-state index < -0.39 is 0 Å². The van der Waals surface area contributed by atoms with Crippen LogP contribution in [0.2, 0.25) is 0 Å². The van der Waals surface area contributed by atoms with Crippen LogP contribution >= 0.6 is 0 Å². The highest BCUT2D eigenvalue weighted by atomic mass is 16.2. The zero-order chi connectivity index (χ0) is 10.1. The molecule has 13 heavy (non-hydrogen) atoms. The lowest BCUT2D eigenvalue weighted by molar-refractivity contribution is -0.133. The fraction of sp³-hybridized carbons (Fsp3) is 0.909. The molecule has 0 radical (unpaired) electrons. The molecule has 0 bridgehead atoms. The molecule has 0 N–H and O–H groups in total. The van der Waals surface area contributed by atoms with Gasteiger partial charge in [-0.05, 0) is 24.2 Å². The third kappa shape index (κ3) is 3.37. The molecule has 1 unspecified atom stereocenters. The Hall–Kier alpha value is -0.530. The molecule has 1 heterocycles. The van der Waals surface area contributed by atoms with Crippen molar-refractivity contribution in [3.8, 4) is 0 Å². The summed E-state index contributed by atoms with van der Waals surface area (Å²) in [6, 6.07) is 0. The van der Waals surface area contributed by atoms with Crippen molar-refractivity contribution in [1.82, 2.24) is 4.90 Å². The van der Waals surface area contributed by atoms with E-state index in [0.29, 0.717) is 17.2 Å². The van der Waals surface area contributed by atoms with Crippen molar-refractivity contribution in [1.29, 1.82) is 0 Å². The predicted octanol–water partition coefficient (Wildman–Crippen LogP) is 2.29. The fourth-order valence-corrected chi connectivity index (χ4v) is 2.05. The number of piperidine rings is 1. The second-order valence-electron chi connectivity index (χ2n) is 5.44. The van der Waals surface area contributed by atoms with Gasteiger partial charge in [0, 0.05) is 20.0 Å². The summed E-state index contributed by atoms with van der Waals surface area (Å²) in [4.78, 5) is 13.3. The third-order valence-corrected chi connectivity index (χ3v) is 2.66. The summed E-state index contributed by atoms with van der Waals surface area (Å²) in [7, 11) is 1.90. The third-order valence-electron chi connectivity index (χ3n) is 2.66. The van der Waals surface area contributed by atoms with E-state index in [1.165, 1.54) is 12.8 Å². The van der Waals surface area contributed by atoms with Crippen LogP contribution in [0.4, 0.5) is 0 Å². The van der Waals surface area contributed by atoms with Gasteiger partial charge in [-0.15, -0.1) is 0 Å². The molecule has 1 saturated heterocycles. The first-order chi connectivity index (χ1) is 5.88. The van der Waals surface area contributed by atoms with Gasteiger partial charge in [0.2, 0.25) is 5.91 Å². The molecule has 0 aliphatic carbocycles. The molecule has 1 atom stereocenters. The first-order valence-electron chi connectivity index (χ1n) is 5.12. The van der Waals surface area contributed by atoms with Crippen LogP contribution in [0.1, 0.15) is 40.0 Å². The first kappa shape index (κ1) is 10.6. The van der Waals surface area contributed by atoms with Gasteiger partial charge in [0.1, 0.15) is 0 Å². The zero-order valence-electron chi connectivity index (χ0n) is 9.26. The topological polar surface area (TPSA) is 20.3 Å². The van der Waals surface area contributed by atoms with Gasteiger partial charge in [0.25, 0.3) is 0 Å². The monoisotopic (exact) mass is 183 g/mol. The summed E-state index contributed by atoms with van der Waals surface area (Å²) in [5.74, 6) is 0.934. The highest BCUT2D eigenvalue weighted by Gasteiger charge is 2.26. The van der Waals surface area contributed by atoms with Crippen molar-refractivity contribution in [3.63, 3.8) is 0 Å². The van der Waals surface area contributed by atoms with Crippen LogP contribution in [0.5, 0.6) is 0 Å². The van der Waals surface area contributed by atoms with Gasteiger partial charge < -0.3 is 4.90 Å². The van der Waals surface area contributed by atoms with E-state index in [1.54, 1.807) is 0 Å². The van der Waals surface area contributed by atoms with Gasteiger partial charge in [-0.3, -0.25) is 4.79 Å². The molecule has 1 amide bonds. The van der Waals surface area contributed by atoms with Crippen LogP contribution < -0.4 is 0 Å². The second-order valence-corrected chi connectivity index (χ2v) is 5.44. The zero-order valence-corrected chi connectivity index (χ0v) is 9.26. The molecule has 0 aromatic heterocycles. The lowest BCUT2D eigenvalue weighted by Crippen LogP contribution is -2.36. The Kier molecular flexibility index (Phi) is 2.99. The summed E-state index contributed by atoms with van der Waals surface area (Å²) in [6.45, 7) is 7.68. The van der Waals surface area contributed by atoms with E-state index in [2.05, 4.69) is 20.8 Å². The maximum Gasteiger partial charge on any atom is 0.222 e. The Bertz CT molecular complexity index is 193. The van der Waals surface area contributed by atoms with Gasteiger partial charge >= 0.3 is 0 Å². The van der Waals surface area contributed by atoms with Crippen molar-refractivity contribution in [2.45, 2.75) is 40.0 Å². The summed E-state index contributed by atoms with van der Waals surface area (Å²) in [5, 5.41) is 0. The van der Waals surface area contributed by atoms with Gasteiger partial charge in [0.15, 0.2) is 0 Å². The molecule has 0 aromatic carbocycles. The quantitative estimate of drug-likeness (QED) is 0.611. The van der Waals surface area contributed by atoms with Crippen LogP contribution in [-0.2, 0) is 4.79 Å². The molecule has 0 aromatic rings. The molecular formula is C11H21NO. The van der Waals surface area contributed by atoms with E-state index in [0.717, 1.165) is 13.0 Å². The Morgan fingerprint density at radius 2 is 2.08 bits per heavy atom. The summed E-state index contributed by atoms with van der Waals surface area (Å²) in [5.41, 5.74) is 0.362. The van der Waals surface area contributed by atoms with Crippen LogP contribution in [0, 0.1) is 11.3 Å². The average Bonchev–Trinajstić information content (AvgIpc) is 1.94. The Labute approximate surface area is 81.3 Å². The van der Waals surface area contributed by atoms with E-state index in [1.807, 2.05) is 11.9 Å². The molecule has 2 heteroatoms. The molecule has 1 rings (SSSR count). The number of carbonyl (C=O) groups is 1. The predicted molar refractivity (Wildman–Crippen MR) is 54.4 cm³/mol. The normalized spacial score (nSPS) is 25.1. The SMILES string of the molecule is CN1CCC(CC(C)(C)C)CC1=O. The Balaban J connectivity index is 2.42. The molecule has 0 saturated carbocycles. The first-order valence-corrected chi connectivity index (χ1v) is 5.12. The van der Waals surface area contributed by atoms with Crippen molar-refractivity contribution in [2.24, 2.45) is 11.3 Å². The van der Waals surface area contributed by atoms with Crippen LogP contribution in [-0.4, -0.2) is 24.4 Å². The number of likely N-dealkylation sites (tertiary alicyclic amines) is 1. The minimum Gasteiger partial charge on any atom is -0.346 e. The smallest absolute Gasteiger partial charge is 0.222 e. The van der Waals surface area contributed by atoms with E-state index in [-0.39, 0.29) is 0 Å². The number of rotatable bonds is 1. The largest absolute Gasteiger partial charge is 0.346 e. The van der Waals surface area contributed by atoms with Crippen LogP contribution in [0.3, 0.4) is 0 Å². The minimum absolute atomic E-state index is 0.320. The lowest BCUT2D eigenvalue weighted by Gasteiger charge is -2.32. The second kappa shape index (κ2) is 3.69. The number of hydrogen-bond acceptors (Lipinski definition) is 1. The van der Waals surface area contributed by atoms with E-state index in [4.69, 9.17) is 0 Å². The average molecular weight is 183 g/mol. The maximum absolute atomic E-state index is 11.4. The fourth-order valence-electron chi connectivity index (χ4n) is 2.05. The highest BCUT2D eigenvalue weighted by Crippen LogP contribution is 2.30. The highest BCUT2D eigenvalue weighted by molar-refractivity contribution is 5.76. The summed E-state index contributed by atoms with van der Waals surface area (Å²) < 4.78 is 0. The van der Waals surface area contributed by atoms with Crippen molar-refractivity contribution in [3.05, 3.63) is 0 Å².